The number of aliphatic imine (C=N–C) groups is 1. The minimum absolute atomic E-state index is 0.0463. The van der Waals surface area contributed by atoms with E-state index >= 15 is 0 Å². The molecule has 1 heterocycles. The van der Waals surface area contributed by atoms with Crippen LogP contribution in [-0.2, 0) is 5.92 Å². The lowest BCUT2D eigenvalue weighted by Gasteiger charge is -2.35. The first-order chi connectivity index (χ1) is 6.86. The van der Waals surface area contributed by atoms with Crippen molar-refractivity contribution in [3.63, 3.8) is 0 Å². The number of hydrogen-bond acceptors (Lipinski definition) is 1. The summed E-state index contributed by atoms with van der Waals surface area (Å²) in [6, 6.07) is 6.21. The van der Waals surface area contributed by atoms with Crippen LogP contribution in [0, 0.1) is 0 Å². The van der Waals surface area contributed by atoms with E-state index in [-0.39, 0.29) is 10.7 Å². The minimum Gasteiger partial charge on any atom is -0.260 e. The van der Waals surface area contributed by atoms with Crippen molar-refractivity contribution in [2.24, 2.45) is 4.99 Å². The predicted molar refractivity (Wildman–Crippen MR) is 56.8 cm³/mol. The van der Waals surface area contributed by atoms with Gasteiger partial charge in [0.2, 0.25) is 0 Å². The van der Waals surface area contributed by atoms with E-state index in [9.17, 15) is 8.78 Å². The predicted octanol–water partition coefficient (Wildman–Crippen LogP) is 3.56. The van der Waals surface area contributed by atoms with Gasteiger partial charge in [0.15, 0.2) is 0 Å². The molecule has 1 aliphatic heterocycles. The maximum absolute atomic E-state index is 14.0. The highest BCUT2D eigenvalue weighted by Crippen LogP contribution is 2.46. The van der Waals surface area contributed by atoms with Crippen LogP contribution >= 0.6 is 11.6 Å². The van der Waals surface area contributed by atoms with E-state index in [1.807, 2.05) is 0 Å². The first-order valence-electron chi connectivity index (χ1n) is 4.59. The molecule has 0 N–H and O–H groups in total. The molecule has 0 saturated heterocycles. The molecule has 0 unspecified atom stereocenters. The number of halogens is 3. The van der Waals surface area contributed by atoms with Gasteiger partial charge in [-0.3, -0.25) is 4.99 Å². The molecule has 0 amide bonds. The Morgan fingerprint density at radius 3 is 2.47 bits per heavy atom. The summed E-state index contributed by atoms with van der Waals surface area (Å²) in [4.78, 5) is 3.84. The number of benzene rings is 1. The Morgan fingerprint density at radius 2 is 1.80 bits per heavy atom. The number of nitrogens with zero attached hydrogens (tertiary/aromatic N) is 1. The first-order valence-corrected chi connectivity index (χ1v) is 4.97. The van der Waals surface area contributed by atoms with E-state index in [4.69, 9.17) is 11.6 Å². The third-order valence-corrected chi connectivity index (χ3v) is 2.92. The molecule has 0 aromatic heterocycles. The van der Waals surface area contributed by atoms with Crippen LogP contribution in [0.1, 0.15) is 25.0 Å². The summed E-state index contributed by atoms with van der Waals surface area (Å²) in [5.74, 6) is -2.98. The summed E-state index contributed by atoms with van der Waals surface area (Å²) in [6.45, 7) is 2.76. The van der Waals surface area contributed by atoms with Gasteiger partial charge in [-0.15, -0.1) is 0 Å². The van der Waals surface area contributed by atoms with Crippen LogP contribution in [-0.4, -0.2) is 10.7 Å². The fourth-order valence-corrected chi connectivity index (χ4v) is 2.02. The van der Waals surface area contributed by atoms with Crippen LogP contribution in [0.4, 0.5) is 8.78 Å². The third-order valence-electron chi connectivity index (χ3n) is 2.63. The molecule has 1 aromatic rings. The topological polar surface area (TPSA) is 12.4 Å². The van der Waals surface area contributed by atoms with Crippen molar-refractivity contribution in [2.75, 3.05) is 0 Å². The smallest absolute Gasteiger partial charge is 0.260 e. The van der Waals surface area contributed by atoms with Crippen molar-refractivity contribution in [1.82, 2.24) is 0 Å². The maximum Gasteiger partial charge on any atom is 0.298 e. The van der Waals surface area contributed by atoms with Gasteiger partial charge >= 0.3 is 0 Å². The molecule has 80 valence electrons. The molecule has 0 radical (unpaired) electrons. The Kier molecular flexibility index (Phi) is 2.12. The standard InChI is InChI=1S/C11H10ClF2N/c1-10(2)11(13,14)8-6-4-3-5-7(8)9(12)15-10/h3-6H,1-2H3. The third kappa shape index (κ3) is 1.37. The van der Waals surface area contributed by atoms with E-state index in [2.05, 4.69) is 4.99 Å². The molecule has 1 aromatic carbocycles. The van der Waals surface area contributed by atoms with Gasteiger partial charge in [-0.1, -0.05) is 35.9 Å². The van der Waals surface area contributed by atoms with Gasteiger partial charge in [-0.2, -0.15) is 8.78 Å². The van der Waals surface area contributed by atoms with E-state index in [0.29, 0.717) is 5.56 Å². The lowest BCUT2D eigenvalue weighted by molar-refractivity contribution is -0.0680. The van der Waals surface area contributed by atoms with Crippen molar-refractivity contribution in [2.45, 2.75) is 25.3 Å². The summed E-state index contributed by atoms with van der Waals surface area (Å²) in [5.41, 5.74) is -1.21. The molecule has 0 fully saturated rings. The first kappa shape index (κ1) is 10.6. The SMILES string of the molecule is CC1(C)N=C(Cl)c2ccccc2C1(F)F. The van der Waals surface area contributed by atoms with E-state index in [1.54, 1.807) is 18.2 Å². The second kappa shape index (κ2) is 3.01. The molecule has 15 heavy (non-hydrogen) atoms. The zero-order valence-electron chi connectivity index (χ0n) is 8.39. The fourth-order valence-electron chi connectivity index (χ4n) is 1.64. The zero-order chi connectivity index (χ0) is 11.3. The molecule has 0 bridgehead atoms. The van der Waals surface area contributed by atoms with E-state index in [1.165, 1.54) is 19.9 Å². The Labute approximate surface area is 91.8 Å². The van der Waals surface area contributed by atoms with Crippen molar-refractivity contribution in [1.29, 1.82) is 0 Å². The van der Waals surface area contributed by atoms with Crippen LogP contribution in [0.15, 0.2) is 29.3 Å². The molecule has 1 nitrogen and oxygen atoms in total. The summed E-state index contributed by atoms with van der Waals surface area (Å²) < 4.78 is 28.0. The van der Waals surface area contributed by atoms with Gasteiger partial charge in [-0.25, -0.2) is 0 Å². The van der Waals surface area contributed by atoms with Crippen LogP contribution in [0.5, 0.6) is 0 Å². The molecule has 4 heteroatoms. The number of fused-ring (bicyclic) bond motifs is 1. The quantitative estimate of drug-likeness (QED) is 0.645. The fraction of sp³-hybridized carbons (Fsp3) is 0.364. The van der Waals surface area contributed by atoms with Gasteiger partial charge in [0, 0.05) is 11.1 Å². The van der Waals surface area contributed by atoms with Crippen LogP contribution in [0.25, 0.3) is 0 Å². The van der Waals surface area contributed by atoms with Gasteiger partial charge in [0.1, 0.15) is 10.7 Å². The van der Waals surface area contributed by atoms with Crippen LogP contribution < -0.4 is 0 Å². The highest BCUT2D eigenvalue weighted by atomic mass is 35.5. The molecule has 0 aliphatic carbocycles. The highest BCUT2D eigenvalue weighted by molar-refractivity contribution is 6.70. The average Bonchev–Trinajstić information content (AvgIpc) is 2.15. The number of alkyl halides is 2. The normalized spacial score (nSPS) is 21.8. The molecule has 0 saturated carbocycles. The molecule has 0 atom stereocenters. The van der Waals surface area contributed by atoms with Crippen LogP contribution in [0.2, 0.25) is 0 Å². The molecule has 2 rings (SSSR count). The Morgan fingerprint density at radius 1 is 1.20 bits per heavy atom. The van der Waals surface area contributed by atoms with E-state index < -0.39 is 11.5 Å². The molecular formula is C11H10ClF2N. The molecule has 1 aliphatic rings. The summed E-state index contributed by atoms with van der Waals surface area (Å²) in [5, 5.41) is 0.154. The van der Waals surface area contributed by atoms with Crippen molar-refractivity contribution >= 4 is 16.8 Å². The maximum atomic E-state index is 14.0. The largest absolute Gasteiger partial charge is 0.298 e. The molecular weight excluding hydrogens is 220 g/mol. The molecule has 0 spiro atoms. The van der Waals surface area contributed by atoms with Gasteiger partial charge < -0.3 is 0 Å². The Hall–Kier alpha value is -0.960. The van der Waals surface area contributed by atoms with Crippen molar-refractivity contribution in [3.05, 3.63) is 35.4 Å². The monoisotopic (exact) mass is 229 g/mol. The second-order valence-electron chi connectivity index (χ2n) is 4.08. The van der Waals surface area contributed by atoms with Crippen molar-refractivity contribution < 1.29 is 8.78 Å². The zero-order valence-corrected chi connectivity index (χ0v) is 9.15. The summed E-state index contributed by atoms with van der Waals surface area (Å²) in [6.07, 6.45) is 0. The van der Waals surface area contributed by atoms with Crippen LogP contribution in [0.3, 0.4) is 0 Å². The van der Waals surface area contributed by atoms with E-state index in [0.717, 1.165) is 0 Å². The highest BCUT2D eigenvalue weighted by Gasteiger charge is 2.52. The lowest BCUT2D eigenvalue weighted by atomic mass is 9.85. The Bertz CT molecular complexity index is 438. The summed E-state index contributed by atoms with van der Waals surface area (Å²) in [7, 11) is 0. The lowest BCUT2D eigenvalue weighted by Crippen LogP contribution is -2.43. The Balaban J connectivity index is 2.73. The van der Waals surface area contributed by atoms with Gasteiger partial charge in [0.05, 0.1) is 0 Å². The van der Waals surface area contributed by atoms with Gasteiger partial charge in [-0.05, 0) is 13.8 Å². The van der Waals surface area contributed by atoms with Gasteiger partial charge in [0.25, 0.3) is 5.92 Å². The average molecular weight is 230 g/mol. The number of rotatable bonds is 0. The number of hydrogen-bond donors (Lipinski definition) is 0. The summed E-state index contributed by atoms with van der Waals surface area (Å²) >= 11 is 5.88. The second-order valence-corrected chi connectivity index (χ2v) is 4.44. The minimum atomic E-state index is -2.98. The van der Waals surface area contributed by atoms with Crippen molar-refractivity contribution in [3.8, 4) is 0 Å².